The van der Waals surface area contributed by atoms with Crippen molar-refractivity contribution in [1.29, 1.82) is 0 Å². The van der Waals surface area contributed by atoms with E-state index in [0.717, 1.165) is 4.47 Å². The molecule has 0 heterocycles. The number of carbonyl (C=O) groups excluding carboxylic acids is 1. The second-order valence-corrected chi connectivity index (χ2v) is 6.02. The van der Waals surface area contributed by atoms with E-state index in [0.29, 0.717) is 11.1 Å². The van der Waals surface area contributed by atoms with Crippen molar-refractivity contribution in [3.05, 3.63) is 69.9 Å². The Balaban J connectivity index is 2.12. The third-order valence-electron chi connectivity index (χ3n) is 3.59. The molecule has 0 saturated heterocycles. The van der Waals surface area contributed by atoms with Crippen molar-refractivity contribution in [2.75, 3.05) is 13.7 Å². The van der Waals surface area contributed by atoms with Crippen LogP contribution in [0, 0.1) is 5.82 Å². The number of methoxy groups -OCH3 is 1. The lowest BCUT2D eigenvalue weighted by atomic mass is 9.95. The summed E-state index contributed by atoms with van der Waals surface area (Å²) in [7, 11) is 1.50. The monoisotopic (exact) mass is 365 g/mol. The molecule has 1 amide bonds. The summed E-state index contributed by atoms with van der Waals surface area (Å²) in [4.78, 5) is 12.2. The van der Waals surface area contributed by atoms with Crippen LogP contribution in [0.4, 0.5) is 4.39 Å². The Morgan fingerprint density at radius 2 is 1.86 bits per heavy atom. The van der Waals surface area contributed by atoms with E-state index >= 15 is 0 Å². The maximum atomic E-state index is 14.0. The molecule has 0 aliphatic carbocycles. The van der Waals surface area contributed by atoms with Gasteiger partial charge >= 0.3 is 0 Å². The van der Waals surface area contributed by atoms with E-state index in [1.807, 2.05) is 0 Å². The minimum absolute atomic E-state index is 0.166. The lowest BCUT2D eigenvalue weighted by Crippen LogP contribution is -2.40. The zero-order chi connectivity index (χ0) is 16.2. The Labute approximate surface area is 137 Å². The molecule has 1 unspecified atom stereocenters. The largest absolute Gasteiger partial charge is 0.372 e. The zero-order valence-corrected chi connectivity index (χ0v) is 14.0. The van der Waals surface area contributed by atoms with Crippen molar-refractivity contribution in [3.8, 4) is 0 Å². The first-order valence-electron chi connectivity index (χ1n) is 6.80. The van der Waals surface area contributed by atoms with Gasteiger partial charge in [-0.3, -0.25) is 4.79 Å². The van der Waals surface area contributed by atoms with Gasteiger partial charge < -0.3 is 10.1 Å². The molecule has 1 N–H and O–H groups in total. The predicted molar refractivity (Wildman–Crippen MR) is 87.2 cm³/mol. The molecule has 0 aromatic heterocycles. The number of benzene rings is 2. The van der Waals surface area contributed by atoms with Gasteiger partial charge in [0.2, 0.25) is 0 Å². The van der Waals surface area contributed by atoms with Crippen molar-refractivity contribution in [1.82, 2.24) is 5.32 Å². The SMILES string of the molecule is COC(C)(CNC(=O)c1ccc(Br)cc1)c1ccccc1F. The Morgan fingerprint density at radius 3 is 2.45 bits per heavy atom. The normalized spacial score (nSPS) is 13.5. The highest BCUT2D eigenvalue weighted by atomic mass is 79.9. The van der Waals surface area contributed by atoms with Gasteiger partial charge in [0, 0.05) is 22.7 Å². The van der Waals surface area contributed by atoms with E-state index in [-0.39, 0.29) is 18.3 Å². The van der Waals surface area contributed by atoms with E-state index in [4.69, 9.17) is 4.74 Å². The number of carbonyl (C=O) groups is 1. The molecule has 2 aromatic rings. The topological polar surface area (TPSA) is 38.3 Å². The van der Waals surface area contributed by atoms with Crippen LogP contribution < -0.4 is 5.32 Å². The second-order valence-electron chi connectivity index (χ2n) is 5.10. The first-order chi connectivity index (χ1) is 10.5. The quantitative estimate of drug-likeness (QED) is 0.872. The van der Waals surface area contributed by atoms with Gasteiger partial charge in [-0.05, 0) is 37.3 Å². The fourth-order valence-corrected chi connectivity index (χ4v) is 2.38. The molecule has 116 valence electrons. The van der Waals surface area contributed by atoms with Crippen LogP contribution in [0.15, 0.2) is 53.0 Å². The molecule has 0 radical (unpaired) electrons. The van der Waals surface area contributed by atoms with Gasteiger partial charge in [0.05, 0.1) is 6.54 Å². The summed E-state index contributed by atoms with van der Waals surface area (Å²) >= 11 is 3.32. The van der Waals surface area contributed by atoms with Gasteiger partial charge in [-0.15, -0.1) is 0 Å². The number of halogens is 2. The van der Waals surface area contributed by atoms with Crippen molar-refractivity contribution < 1.29 is 13.9 Å². The molecule has 2 rings (SSSR count). The highest BCUT2D eigenvalue weighted by Gasteiger charge is 2.29. The smallest absolute Gasteiger partial charge is 0.251 e. The minimum Gasteiger partial charge on any atom is -0.372 e. The molecule has 5 heteroatoms. The van der Waals surface area contributed by atoms with Crippen molar-refractivity contribution in [2.45, 2.75) is 12.5 Å². The average Bonchev–Trinajstić information content (AvgIpc) is 2.53. The van der Waals surface area contributed by atoms with E-state index in [2.05, 4.69) is 21.2 Å². The zero-order valence-electron chi connectivity index (χ0n) is 12.4. The molecular formula is C17H17BrFNO2. The molecule has 0 aliphatic rings. The fraction of sp³-hybridized carbons (Fsp3) is 0.235. The van der Waals surface area contributed by atoms with Crippen LogP contribution in [-0.4, -0.2) is 19.6 Å². The first-order valence-corrected chi connectivity index (χ1v) is 7.59. The lowest BCUT2D eigenvalue weighted by molar-refractivity contribution is 0.000389. The van der Waals surface area contributed by atoms with Gasteiger partial charge in [0.25, 0.3) is 5.91 Å². The number of hydrogen-bond donors (Lipinski definition) is 1. The van der Waals surface area contributed by atoms with Crippen LogP contribution in [-0.2, 0) is 10.3 Å². The van der Waals surface area contributed by atoms with E-state index in [1.54, 1.807) is 49.4 Å². The molecule has 0 spiro atoms. The Hall–Kier alpha value is -1.72. The number of amides is 1. The van der Waals surface area contributed by atoms with E-state index in [1.165, 1.54) is 13.2 Å². The van der Waals surface area contributed by atoms with Crippen LogP contribution in [0.3, 0.4) is 0 Å². The highest BCUT2D eigenvalue weighted by Crippen LogP contribution is 2.26. The molecule has 3 nitrogen and oxygen atoms in total. The predicted octanol–water partition coefficient (Wildman–Crippen LogP) is 3.88. The molecule has 0 fully saturated rings. The first kappa shape index (κ1) is 16.6. The average molecular weight is 366 g/mol. The van der Waals surface area contributed by atoms with Gasteiger partial charge in [-0.25, -0.2) is 4.39 Å². The number of hydrogen-bond acceptors (Lipinski definition) is 2. The molecule has 0 saturated carbocycles. The minimum atomic E-state index is -0.934. The van der Waals surface area contributed by atoms with Crippen LogP contribution in [0.5, 0.6) is 0 Å². The van der Waals surface area contributed by atoms with Gasteiger partial charge in [-0.1, -0.05) is 34.1 Å². The maximum absolute atomic E-state index is 14.0. The molecule has 0 bridgehead atoms. The van der Waals surface area contributed by atoms with Crippen molar-refractivity contribution >= 4 is 21.8 Å². The lowest BCUT2D eigenvalue weighted by Gasteiger charge is -2.29. The van der Waals surface area contributed by atoms with Crippen molar-refractivity contribution in [2.24, 2.45) is 0 Å². The Morgan fingerprint density at radius 1 is 1.23 bits per heavy atom. The summed E-state index contributed by atoms with van der Waals surface area (Å²) in [6.45, 7) is 1.91. The summed E-state index contributed by atoms with van der Waals surface area (Å²) in [6.07, 6.45) is 0. The fourth-order valence-electron chi connectivity index (χ4n) is 2.12. The van der Waals surface area contributed by atoms with Crippen molar-refractivity contribution in [3.63, 3.8) is 0 Å². The molecule has 0 aliphatic heterocycles. The number of nitrogens with one attached hydrogen (secondary N) is 1. The summed E-state index contributed by atoms with van der Waals surface area (Å²) in [6, 6.07) is 13.4. The molecule has 22 heavy (non-hydrogen) atoms. The second kappa shape index (κ2) is 7.03. The maximum Gasteiger partial charge on any atom is 0.251 e. The van der Waals surface area contributed by atoms with Gasteiger partial charge in [0.15, 0.2) is 0 Å². The standard InChI is InChI=1S/C17H17BrFNO2/c1-17(22-2,14-5-3-4-6-15(14)19)11-20-16(21)12-7-9-13(18)10-8-12/h3-10H,11H2,1-2H3,(H,20,21). The van der Waals surface area contributed by atoms with E-state index in [9.17, 15) is 9.18 Å². The third-order valence-corrected chi connectivity index (χ3v) is 4.12. The number of rotatable bonds is 5. The molecule has 2 aromatic carbocycles. The Kier molecular flexibility index (Phi) is 5.32. The summed E-state index contributed by atoms with van der Waals surface area (Å²) in [5.41, 5.74) is 0.0138. The van der Waals surface area contributed by atoms with Gasteiger partial charge in [-0.2, -0.15) is 0 Å². The van der Waals surface area contributed by atoms with E-state index < -0.39 is 5.60 Å². The van der Waals surface area contributed by atoms with Crippen LogP contribution in [0.1, 0.15) is 22.8 Å². The van der Waals surface area contributed by atoms with Crippen LogP contribution >= 0.6 is 15.9 Å². The summed E-state index contributed by atoms with van der Waals surface area (Å²) < 4.78 is 20.3. The third kappa shape index (κ3) is 3.72. The summed E-state index contributed by atoms with van der Waals surface area (Å²) in [5.74, 6) is -0.586. The van der Waals surface area contributed by atoms with Crippen LogP contribution in [0.2, 0.25) is 0 Å². The van der Waals surface area contributed by atoms with Gasteiger partial charge in [0.1, 0.15) is 11.4 Å². The number of ether oxygens (including phenoxy) is 1. The highest BCUT2D eigenvalue weighted by molar-refractivity contribution is 9.10. The van der Waals surface area contributed by atoms with Crippen LogP contribution in [0.25, 0.3) is 0 Å². The summed E-state index contributed by atoms with van der Waals surface area (Å²) in [5, 5.41) is 2.79. The Bertz CT molecular complexity index is 660. The molecular weight excluding hydrogens is 349 g/mol. The molecule has 1 atom stereocenters.